The average molecular weight is 445 g/mol. The topological polar surface area (TPSA) is 78.0 Å². The Morgan fingerprint density at radius 2 is 1.90 bits per heavy atom. The quantitative estimate of drug-likeness (QED) is 0.541. The molecule has 1 aliphatic rings. The summed E-state index contributed by atoms with van der Waals surface area (Å²) in [7, 11) is 3.18. The number of aromatic nitrogens is 1. The van der Waals surface area contributed by atoms with Gasteiger partial charge in [0.15, 0.2) is 23.8 Å². The smallest absolute Gasteiger partial charge is 0.358 e. The van der Waals surface area contributed by atoms with Gasteiger partial charge in [0.2, 0.25) is 0 Å². The molecular formula is C21H20N2O5S2. The number of methoxy groups -OCH3 is 2. The summed E-state index contributed by atoms with van der Waals surface area (Å²) >= 11 is 2.93. The molecule has 0 aliphatic carbocycles. The molecule has 0 atom stereocenters. The first-order chi connectivity index (χ1) is 14.6. The van der Waals surface area contributed by atoms with Gasteiger partial charge in [0, 0.05) is 18.5 Å². The van der Waals surface area contributed by atoms with E-state index in [4.69, 9.17) is 14.2 Å². The highest BCUT2D eigenvalue weighted by molar-refractivity contribution is 7.20. The fraction of sp³-hybridized carbons (Fsp3) is 0.286. The van der Waals surface area contributed by atoms with E-state index in [0.717, 1.165) is 21.0 Å². The van der Waals surface area contributed by atoms with Crippen molar-refractivity contribution >= 4 is 34.6 Å². The summed E-state index contributed by atoms with van der Waals surface area (Å²) in [5, 5.41) is 4.37. The molecule has 3 heterocycles. The Bertz CT molecular complexity index is 1060. The molecule has 1 aliphatic heterocycles. The van der Waals surface area contributed by atoms with Gasteiger partial charge in [0.25, 0.3) is 5.91 Å². The number of thiazole rings is 1. The highest BCUT2D eigenvalue weighted by Gasteiger charge is 2.24. The Morgan fingerprint density at radius 1 is 1.13 bits per heavy atom. The summed E-state index contributed by atoms with van der Waals surface area (Å²) < 4.78 is 15.9. The zero-order valence-corrected chi connectivity index (χ0v) is 18.2. The van der Waals surface area contributed by atoms with Crippen molar-refractivity contribution in [2.45, 2.75) is 13.0 Å². The Morgan fingerprint density at radius 3 is 2.60 bits per heavy atom. The first-order valence-electron chi connectivity index (χ1n) is 9.27. The van der Waals surface area contributed by atoms with Gasteiger partial charge in [-0.3, -0.25) is 4.79 Å². The average Bonchev–Trinajstić information content (AvgIpc) is 3.47. The number of amides is 1. The lowest BCUT2D eigenvalue weighted by Gasteiger charge is -2.29. The molecule has 156 valence electrons. The summed E-state index contributed by atoms with van der Waals surface area (Å²) in [6.45, 7) is 0.677. The second-order valence-corrected chi connectivity index (χ2v) is 8.44. The first-order valence-corrected chi connectivity index (χ1v) is 11.0. The fourth-order valence-corrected chi connectivity index (χ4v) is 4.87. The van der Waals surface area contributed by atoms with Gasteiger partial charge >= 0.3 is 5.97 Å². The number of hydrogen-bond donors (Lipinski definition) is 0. The molecule has 0 fully saturated rings. The highest BCUT2D eigenvalue weighted by atomic mass is 32.1. The summed E-state index contributed by atoms with van der Waals surface area (Å²) in [5.41, 5.74) is 2.34. The lowest BCUT2D eigenvalue weighted by molar-refractivity contribution is -0.135. The van der Waals surface area contributed by atoms with Crippen LogP contribution in [0.15, 0.2) is 35.0 Å². The molecule has 0 radical (unpaired) electrons. The minimum atomic E-state index is -0.591. The van der Waals surface area contributed by atoms with E-state index in [9.17, 15) is 9.59 Å². The predicted octanol–water partition coefficient (Wildman–Crippen LogP) is 3.63. The highest BCUT2D eigenvalue weighted by Crippen LogP contribution is 2.33. The van der Waals surface area contributed by atoms with E-state index in [2.05, 4.69) is 4.98 Å². The second kappa shape index (κ2) is 8.85. The van der Waals surface area contributed by atoms with Gasteiger partial charge < -0.3 is 19.1 Å². The maximum absolute atomic E-state index is 12.6. The summed E-state index contributed by atoms with van der Waals surface area (Å²) in [6.07, 6.45) is 0.700. The molecule has 30 heavy (non-hydrogen) atoms. The zero-order chi connectivity index (χ0) is 21.1. The molecule has 0 unspecified atom stereocenters. The van der Waals surface area contributed by atoms with Gasteiger partial charge in [-0.2, -0.15) is 0 Å². The molecular weight excluding hydrogens is 424 g/mol. The van der Waals surface area contributed by atoms with Crippen LogP contribution >= 0.6 is 22.7 Å². The number of rotatable bonds is 6. The molecule has 9 heteroatoms. The van der Waals surface area contributed by atoms with E-state index in [1.165, 1.54) is 11.3 Å². The van der Waals surface area contributed by atoms with Crippen molar-refractivity contribution in [1.82, 2.24) is 9.88 Å². The van der Waals surface area contributed by atoms with Crippen molar-refractivity contribution < 1.29 is 23.8 Å². The molecule has 0 saturated heterocycles. The number of carbonyl (C=O) groups excluding carboxylic acids is 2. The number of benzene rings is 1. The van der Waals surface area contributed by atoms with Crippen LogP contribution in [0.2, 0.25) is 0 Å². The largest absolute Gasteiger partial charge is 0.493 e. The van der Waals surface area contributed by atoms with Crippen molar-refractivity contribution in [2.24, 2.45) is 0 Å². The third-order valence-electron chi connectivity index (χ3n) is 4.84. The van der Waals surface area contributed by atoms with Gasteiger partial charge in [0.1, 0.15) is 5.01 Å². The molecule has 1 amide bonds. The van der Waals surface area contributed by atoms with Crippen LogP contribution in [-0.4, -0.2) is 49.1 Å². The van der Waals surface area contributed by atoms with Crippen LogP contribution in [0.4, 0.5) is 0 Å². The molecule has 0 N–H and O–H groups in total. The number of thiophene rings is 1. The summed E-state index contributed by atoms with van der Waals surface area (Å²) in [6, 6.07) is 7.71. The van der Waals surface area contributed by atoms with Crippen molar-refractivity contribution in [3.8, 4) is 21.4 Å². The standard InChI is InChI=1S/C21H20N2O5S2/c1-26-16-8-13-5-6-23(10-14(13)9-17(16)27-2)19(24)11-28-21(25)15-12-30-20(22-15)18-4-3-7-29-18/h3-4,7-9,12H,5-6,10-11H2,1-2H3. The monoisotopic (exact) mass is 444 g/mol. The predicted molar refractivity (Wildman–Crippen MR) is 114 cm³/mol. The van der Waals surface area contributed by atoms with Crippen molar-refractivity contribution in [3.05, 3.63) is 51.8 Å². The number of esters is 1. The van der Waals surface area contributed by atoms with Crippen LogP contribution in [0.25, 0.3) is 9.88 Å². The summed E-state index contributed by atoms with van der Waals surface area (Å²) in [5.74, 6) is 0.473. The van der Waals surface area contributed by atoms with Crippen LogP contribution in [0.1, 0.15) is 21.6 Å². The van der Waals surface area contributed by atoms with E-state index in [1.54, 1.807) is 35.8 Å². The Labute approximate surface area is 181 Å². The van der Waals surface area contributed by atoms with E-state index < -0.39 is 5.97 Å². The molecule has 2 aromatic heterocycles. The van der Waals surface area contributed by atoms with Crippen LogP contribution in [-0.2, 0) is 22.5 Å². The molecule has 3 aromatic rings. The Balaban J connectivity index is 1.36. The van der Waals surface area contributed by atoms with Crippen LogP contribution in [0.3, 0.4) is 0 Å². The maximum atomic E-state index is 12.6. The molecule has 0 saturated carbocycles. The fourth-order valence-electron chi connectivity index (χ4n) is 3.27. The number of fused-ring (bicyclic) bond motifs is 1. The van der Waals surface area contributed by atoms with E-state index >= 15 is 0 Å². The lowest BCUT2D eigenvalue weighted by atomic mass is 9.99. The third-order valence-corrected chi connectivity index (χ3v) is 6.72. The van der Waals surface area contributed by atoms with Crippen LogP contribution in [0.5, 0.6) is 11.5 Å². The Kier molecular flexibility index (Phi) is 6.01. The van der Waals surface area contributed by atoms with Crippen LogP contribution < -0.4 is 9.47 Å². The van der Waals surface area contributed by atoms with Gasteiger partial charge in [-0.25, -0.2) is 9.78 Å². The SMILES string of the molecule is COc1cc2c(cc1OC)CN(C(=O)COC(=O)c1csc(-c3cccs3)n1)CC2. The van der Waals surface area contributed by atoms with Gasteiger partial charge in [-0.1, -0.05) is 6.07 Å². The van der Waals surface area contributed by atoms with Gasteiger partial charge in [-0.15, -0.1) is 22.7 Å². The summed E-state index contributed by atoms with van der Waals surface area (Å²) in [4.78, 5) is 31.9. The number of hydrogen-bond acceptors (Lipinski definition) is 8. The van der Waals surface area contributed by atoms with Gasteiger partial charge in [-0.05, 0) is 41.1 Å². The van der Waals surface area contributed by atoms with Crippen LogP contribution in [0, 0.1) is 0 Å². The van der Waals surface area contributed by atoms with E-state index in [1.807, 2.05) is 29.6 Å². The van der Waals surface area contributed by atoms with Gasteiger partial charge in [0.05, 0.1) is 19.1 Å². The molecule has 7 nitrogen and oxygen atoms in total. The molecule has 0 spiro atoms. The molecule has 0 bridgehead atoms. The van der Waals surface area contributed by atoms with E-state index in [-0.39, 0.29) is 18.2 Å². The van der Waals surface area contributed by atoms with Crippen molar-refractivity contribution in [3.63, 3.8) is 0 Å². The van der Waals surface area contributed by atoms with Crippen molar-refractivity contribution in [1.29, 1.82) is 0 Å². The number of ether oxygens (including phenoxy) is 3. The minimum Gasteiger partial charge on any atom is -0.493 e. The Hall–Kier alpha value is -2.91. The lowest BCUT2D eigenvalue weighted by Crippen LogP contribution is -2.38. The maximum Gasteiger partial charge on any atom is 0.358 e. The first kappa shape index (κ1) is 20.4. The zero-order valence-electron chi connectivity index (χ0n) is 16.5. The number of nitrogens with zero attached hydrogens (tertiary/aromatic N) is 2. The van der Waals surface area contributed by atoms with E-state index in [0.29, 0.717) is 31.0 Å². The van der Waals surface area contributed by atoms with Crippen molar-refractivity contribution in [2.75, 3.05) is 27.4 Å². The second-order valence-electron chi connectivity index (χ2n) is 6.63. The number of carbonyl (C=O) groups is 2. The molecule has 1 aromatic carbocycles. The normalized spacial score (nSPS) is 12.9. The minimum absolute atomic E-state index is 0.219. The third kappa shape index (κ3) is 4.17. The molecule has 4 rings (SSSR count).